The van der Waals surface area contributed by atoms with Crippen LogP contribution in [0.15, 0.2) is 66.0 Å². The molecule has 0 radical (unpaired) electrons. The summed E-state index contributed by atoms with van der Waals surface area (Å²) in [5.41, 5.74) is 7.21. The normalized spacial score (nSPS) is 16.7. The van der Waals surface area contributed by atoms with Crippen LogP contribution in [0, 0.1) is 0 Å². The summed E-state index contributed by atoms with van der Waals surface area (Å²) in [4.78, 5) is 30.8. The molecule has 1 atom stereocenters. The number of imide groups is 1. The summed E-state index contributed by atoms with van der Waals surface area (Å²) in [6, 6.07) is 20.4. The van der Waals surface area contributed by atoms with E-state index >= 15 is 0 Å². The van der Waals surface area contributed by atoms with Crippen molar-refractivity contribution in [2.45, 2.75) is 5.92 Å². The molecule has 2 amide bonds. The van der Waals surface area contributed by atoms with Gasteiger partial charge in [0.1, 0.15) is 0 Å². The number of thiophene rings is 1. The number of hydrogen-bond acceptors (Lipinski definition) is 3. The summed E-state index contributed by atoms with van der Waals surface area (Å²) in [6.07, 6.45) is 0. The van der Waals surface area contributed by atoms with E-state index in [4.69, 9.17) is 0 Å². The number of aromatic nitrogens is 1. The van der Waals surface area contributed by atoms with Gasteiger partial charge in [-0.05, 0) is 34.2 Å². The number of fused-ring (bicyclic) bond motifs is 10. The SMILES string of the molecule is O=C1NC(=O)c2c1c1c(c3[nH]c4ccccc4c23)-c2ccccc2C1c1cccs1. The smallest absolute Gasteiger partial charge is 0.259 e. The molecule has 30 heavy (non-hydrogen) atoms. The van der Waals surface area contributed by atoms with Gasteiger partial charge >= 0.3 is 0 Å². The first-order valence-electron chi connectivity index (χ1n) is 9.82. The second-order valence-corrected chi connectivity index (χ2v) is 8.76. The number of H-pyrrole nitrogens is 1. The maximum absolute atomic E-state index is 13.1. The molecule has 0 fully saturated rings. The Labute approximate surface area is 175 Å². The Morgan fingerprint density at radius 2 is 1.60 bits per heavy atom. The van der Waals surface area contributed by atoms with Gasteiger partial charge in [-0.3, -0.25) is 14.9 Å². The summed E-state index contributed by atoms with van der Waals surface area (Å²) in [7, 11) is 0. The van der Waals surface area contributed by atoms with Crippen LogP contribution < -0.4 is 5.32 Å². The molecule has 3 heterocycles. The van der Waals surface area contributed by atoms with E-state index in [-0.39, 0.29) is 17.7 Å². The Morgan fingerprint density at radius 1 is 0.800 bits per heavy atom. The van der Waals surface area contributed by atoms with E-state index in [9.17, 15) is 9.59 Å². The van der Waals surface area contributed by atoms with Gasteiger partial charge in [0.2, 0.25) is 0 Å². The summed E-state index contributed by atoms with van der Waals surface area (Å²) in [5.74, 6) is -0.668. The quantitative estimate of drug-likeness (QED) is 0.358. The zero-order valence-corrected chi connectivity index (χ0v) is 16.5. The molecule has 7 rings (SSSR count). The minimum absolute atomic E-state index is 0.0580. The number of benzene rings is 3. The van der Waals surface area contributed by atoms with Crippen LogP contribution >= 0.6 is 11.3 Å². The van der Waals surface area contributed by atoms with E-state index < -0.39 is 0 Å². The van der Waals surface area contributed by atoms with E-state index in [1.165, 1.54) is 10.4 Å². The summed E-state index contributed by atoms with van der Waals surface area (Å²) < 4.78 is 0. The van der Waals surface area contributed by atoms with E-state index in [1.54, 1.807) is 11.3 Å². The molecule has 0 saturated heterocycles. The van der Waals surface area contributed by atoms with Crippen molar-refractivity contribution in [3.8, 4) is 11.1 Å². The van der Waals surface area contributed by atoms with Crippen LogP contribution in [0.25, 0.3) is 32.9 Å². The van der Waals surface area contributed by atoms with Crippen LogP contribution in [0.5, 0.6) is 0 Å². The molecule has 1 aliphatic carbocycles. The van der Waals surface area contributed by atoms with Crippen LogP contribution in [0.1, 0.15) is 42.6 Å². The third-order valence-electron chi connectivity index (χ3n) is 6.33. The molecular formula is C25H14N2O2S. The van der Waals surface area contributed by atoms with Crippen molar-refractivity contribution in [1.29, 1.82) is 0 Å². The number of carbonyl (C=O) groups excluding carboxylic acids is 2. The first kappa shape index (κ1) is 16.1. The van der Waals surface area contributed by atoms with Crippen molar-refractivity contribution in [1.82, 2.24) is 10.3 Å². The zero-order valence-electron chi connectivity index (χ0n) is 15.7. The third-order valence-corrected chi connectivity index (χ3v) is 7.27. The minimum atomic E-state index is -0.312. The van der Waals surface area contributed by atoms with Crippen LogP contribution in [0.3, 0.4) is 0 Å². The predicted molar refractivity (Wildman–Crippen MR) is 118 cm³/mol. The van der Waals surface area contributed by atoms with Crippen molar-refractivity contribution in [2.24, 2.45) is 0 Å². The molecule has 142 valence electrons. The highest BCUT2D eigenvalue weighted by Crippen LogP contribution is 2.55. The first-order chi connectivity index (χ1) is 14.7. The van der Waals surface area contributed by atoms with Gasteiger partial charge in [0.25, 0.3) is 11.8 Å². The fourth-order valence-corrected chi connectivity index (χ4v) is 6.10. The largest absolute Gasteiger partial charge is 0.354 e. The molecular weight excluding hydrogens is 392 g/mol. The lowest BCUT2D eigenvalue weighted by molar-refractivity contribution is 0.0880. The van der Waals surface area contributed by atoms with E-state index in [0.717, 1.165) is 38.5 Å². The van der Waals surface area contributed by atoms with Crippen LogP contribution in [-0.4, -0.2) is 16.8 Å². The van der Waals surface area contributed by atoms with Crippen LogP contribution in [0.2, 0.25) is 0 Å². The number of para-hydroxylation sites is 1. The molecule has 4 nitrogen and oxygen atoms in total. The van der Waals surface area contributed by atoms with Crippen molar-refractivity contribution in [3.05, 3.63) is 93.2 Å². The highest BCUT2D eigenvalue weighted by atomic mass is 32.1. The molecule has 0 saturated carbocycles. The number of hydrogen-bond donors (Lipinski definition) is 2. The Balaban J connectivity index is 1.76. The summed E-state index contributed by atoms with van der Waals surface area (Å²) >= 11 is 1.68. The second-order valence-electron chi connectivity index (χ2n) is 7.78. The lowest BCUT2D eigenvalue weighted by atomic mass is 9.87. The number of aromatic amines is 1. The average molecular weight is 406 g/mol. The molecule has 0 spiro atoms. The Morgan fingerprint density at radius 3 is 2.47 bits per heavy atom. The van der Waals surface area contributed by atoms with Gasteiger partial charge in [-0.15, -0.1) is 11.3 Å². The van der Waals surface area contributed by atoms with Gasteiger partial charge in [0.05, 0.1) is 16.6 Å². The second kappa shape index (κ2) is 5.46. The molecule has 5 aromatic rings. The number of nitrogens with one attached hydrogen (secondary N) is 2. The molecule has 2 aliphatic rings. The lowest BCUT2D eigenvalue weighted by Gasteiger charge is -2.15. The lowest BCUT2D eigenvalue weighted by Crippen LogP contribution is -2.20. The van der Waals surface area contributed by atoms with E-state index in [1.807, 2.05) is 42.5 Å². The topological polar surface area (TPSA) is 62.0 Å². The van der Waals surface area contributed by atoms with Gasteiger partial charge in [-0.2, -0.15) is 0 Å². The van der Waals surface area contributed by atoms with Gasteiger partial charge in [0.15, 0.2) is 0 Å². The maximum Gasteiger partial charge on any atom is 0.259 e. The van der Waals surface area contributed by atoms with Crippen molar-refractivity contribution < 1.29 is 9.59 Å². The molecule has 1 unspecified atom stereocenters. The summed E-state index contributed by atoms with van der Waals surface area (Å²) in [6.45, 7) is 0. The van der Waals surface area contributed by atoms with Crippen molar-refractivity contribution >= 4 is 45.0 Å². The van der Waals surface area contributed by atoms with Crippen molar-refractivity contribution in [2.75, 3.05) is 0 Å². The van der Waals surface area contributed by atoms with Gasteiger partial charge in [-0.25, -0.2) is 0 Å². The van der Waals surface area contributed by atoms with Gasteiger partial charge < -0.3 is 4.98 Å². The maximum atomic E-state index is 13.1. The zero-order chi connectivity index (χ0) is 20.0. The Kier molecular flexibility index (Phi) is 2.94. The Hall–Kier alpha value is -3.70. The monoisotopic (exact) mass is 406 g/mol. The minimum Gasteiger partial charge on any atom is -0.354 e. The molecule has 1 aliphatic heterocycles. The number of amides is 2. The molecule has 0 bridgehead atoms. The molecule has 5 heteroatoms. The first-order valence-corrected chi connectivity index (χ1v) is 10.7. The van der Waals surface area contributed by atoms with Crippen LogP contribution in [0.4, 0.5) is 0 Å². The summed E-state index contributed by atoms with van der Waals surface area (Å²) in [5, 5.41) is 6.42. The fourth-order valence-electron chi connectivity index (χ4n) is 5.25. The highest BCUT2D eigenvalue weighted by Gasteiger charge is 2.42. The average Bonchev–Trinajstić information content (AvgIpc) is 3.51. The van der Waals surface area contributed by atoms with E-state index in [2.05, 4.69) is 33.9 Å². The predicted octanol–water partition coefficient (Wildman–Crippen LogP) is 5.43. The van der Waals surface area contributed by atoms with Gasteiger partial charge in [0, 0.05) is 32.6 Å². The van der Waals surface area contributed by atoms with E-state index in [0.29, 0.717) is 11.1 Å². The third kappa shape index (κ3) is 1.81. The molecule has 2 N–H and O–H groups in total. The number of rotatable bonds is 1. The fraction of sp³-hybridized carbons (Fsp3) is 0.0400. The molecule has 2 aromatic heterocycles. The Bertz CT molecular complexity index is 1560. The molecule has 3 aromatic carbocycles. The number of carbonyl (C=O) groups is 2. The van der Waals surface area contributed by atoms with Crippen LogP contribution in [-0.2, 0) is 0 Å². The highest BCUT2D eigenvalue weighted by molar-refractivity contribution is 7.10. The standard InChI is InChI=1S/C25H14N2O2S/c28-24-21-19-14-8-3-4-9-15(14)26-23(19)18-13-7-2-1-6-12(13)17(16-10-5-11-30-16)20(18)22(21)25(29)27-24/h1-11,17,26H,(H,27,28,29). The van der Waals surface area contributed by atoms with Gasteiger partial charge in [-0.1, -0.05) is 48.5 Å². The van der Waals surface area contributed by atoms with Crippen molar-refractivity contribution in [3.63, 3.8) is 0 Å².